The minimum Gasteiger partial charge on any atom is -0.507 e. The van der Waals surface area contributed by atoms with Crippen LogP contribution in [0.25, 0.3) is 11.1 Å². The van der Waals surface area contributed by atoms with Gasteiger partial charge < -0.3 is 15.9 Å². The lowest BCUT2D eigenvalue weighted by molar-refractivity contribution is 0.0697. The van der Waals surface area contributed by atoms with Crippen molar-refractivity contribution in [2.75, 3.05) is 0 Å². The van der Waals surface area contributed by atoms with Crippen LogP contribution in [-0.2, 0) is 0 Å². The number of nitrogens with two attached hydrogens (primary N) is 1. The molecule has 0 spiro atoms. The third kappa shape index (κ3) is 4.06. The van der Waals surface area contributed by atoms with Gasteiger partial charge in [0.05, 0.1) is 11.6 Å². The average Bonchev–Trinajstić information content (AvgIpc) is 2.62. The Labute approximate surface area is 146 Å². The lowest BCUT2D eigenvalue weighted by Gasteiger charge is -2.25. The summed E-state index contributed by atoms with van der Waals surface area (Å²) in [6, 6.07) is 12.1. The quantitative estimate of drug-likeness (QED) is 0.744. The molecular weight excluding hydrogens is 316 g/mol. The highest BCUT2D eigenvalue weighted by molar-refractivity contribution is 5.89. The van der Waals surface area contributed by atoms with Crippen LogP contribution in [-0.4, -0.2) is 34.5 Å². The molecule has 0 aliphatic heterocycles. The molecule has 0 saturated heterocycles. The lowest BCUT2D eigenvalue weighted by atomic mass is 9.91. The molecule has 5 heteroatoms. The van der Waals surface area contributed by atoms with Gasteiger partial charge in [-0.05, 0) is 48.2 Å². The van der Waals surface area contributed by atoms with Gasteiger partial charge in [0, 0.05) is 17.8 Å². The van der Waals surface area contributed by atoms with Gasteiger partial charge in [0.15, 0.2) is 0 Å². The molecule has 0 unspecified atom stereocenters. The third-order valence-electron chi connectivity index (χ3n) is 4.68. The second kappa shape index (κ2) is 7.49. The Hall–Kier alpha value is -2.66. The Balaban J connectivity index is 1.83. The Morgan fingerprint density at radius 3 is 2.44 bits per heavy atom. The van der Waals surface area contributed by atoms with Crippen LogP contribution >= 0.6 is 0 Å². The van der Waals surface area contributed by atoms with Crippen molar-refractivity contribution in [2.24, 2.45) is 10.7 Å². The van der Waals surface area contributed by atoms with E-state index in [2.05, 4.69) is 4.99 Å². The molecule has 2 atom stereocenters. The van der Waals surface area contributed by atoms with E-state index in [1.165, 1.54) is 0 Å². The predicted molar refractivity (Wildman–Crippen MR) is 98.3 cm³/mol. The van der Waals surface area contributed by atoms with Gasteiger partial charge in [0.25, 0.3) is 0 Å². The van der Waals surface area contributed by atoms with Crippen LogP contribution < -0.4 is 5.73 Å². The summed E-state index contributed by atoms with van der Waals surface area (Å²) in [4.78, 5) is 15.5. The first kappa shape index (κ1) is 17.2. The van der Waals surface area contributed by atoms with E-state index in [9.17, 15) is 9.90 Å². The monoisotopic (exact) mass is 338 g/mol. The maximum absolute atomic E-state index is 10.9. The molecule has 5 nitrogen and oxygen atoms in total. The van der Waals surface area contributed by atoms with Crippen molar-refractivity contribution in [3.8, 4) is 16.9 Å². The molecule has 1 fully saturated rings. The Bertz CT molecular complexity index is 784. The zero-order valence-corrected chi connectivity index (χ0v) is 13.9. The largest absolute Gasteiger partial charge is 0.507 e. The van der Waals surface area contributed by atoms with E-state index in [1.54, 1.807) is 42.6 Å². The molecule has 0 amide bonds. The van der Waals surface area contributed by atoms with E-state index in [4.69, 9.17) is 10.8 Å². The normalized spacial score (nSPS) is 20.7. The van der Waals surface area contributed by atoms with E-state index in [1.807, 2.05) is 6.07 Å². The second-order valence-electron chi connectivity index (χ2n) is 6.45. The molecule has 1 aliphatic rings. The van der Waals surface area contributed by atoms with Gasteiger partial charge in [-0.15, -0.1) is 0 Å². The van der Waals surface area contributed by atoms with Crippen molar-refractivity contribution < 1.29 is 15.0 Å². The van der Waals surface area contributed by atoms with Crippen LogP contribution in [0.1, 0.15) is 41.6 Å². The number of benzene rings is 2. The average molecular weight is 338 g/mol. The van der Waals surface area contributed by atoms with Crippen LogP contribution in [0.5, 0.6) is 5.75 Å². The molecule has 0 radical (unpaired) electrons. The Kier molecular flexibility index (Phi) is 5.14. The fraction of sp³-hybridized carbons (Fsp3) is 0.300. The number of hydrogen-bond acceptors (Lipinski definition) is 4. The molecule has 25 heavy (non-hydrogen) atoms. The number of aromatic hydroxyl groups is 1. The van der Waals surface area contributed by atoms with Gasteiger partial charge in [-0.2, -0.15) is 0 Å². The first-order chi connectivity index (χ1) is 12.0. The summed E-state index contributed by atoms with van der Waals surface area (Å²) in [6.45, 7) is 0. The summed E-state index contributed by atoms with van der Waals surface area (Å²) in [5.41, 5.74) is 8.78. The molecule has 130 valence electrons. The standard InChI is InChI=1S/C20H22N2O3/c21-17-3-1-2-4-18(17)22-12-16-11-15(9-10-19(16)23)13-5-7-14(8-6-13)20(24)25/h5-12,17-18,23H,1-4,21H2,(H,24,25)/t17-,18-/m0/s1. The van der Waals surface area contributed by atoms with Crippen molar-refractivity contribution in [2.45, 2.75) is 37.8 Å². The fourth-order valence-electron chi connectivity index (χ4n) is 3.14. The molecule has 1 saturated carbocycles. The van der Waals surface area contributed by atoms with E-state index in [0.29, 0.717) is 5.56 Å². The number of hydrogen-bond donors (Lipinski definition) is 3. The zero-order chi connectivity index (χ0) is 17.8. The van der Waals surface area contributed by atoms with Crippen LogP contribution in [0.4, 0.5) is 0 Å². The number of aliphatic imine (C=N–C) groups is 1. The number of rotatable bonds is 4. The first-order valence-corrected chi connectivity index (χ1v) is 8.50. The minimum absolute atomic E-state index is 0.0823. The summed E-state index contributed by atoms with van der Waals surface area (Å²) in [5.74, 6) is -0.784. The number of carbonyl (C=O) groups is 1. The summed E-state index contributed by atoms with van der Waals surface area (Å²) in [5, 5.41) is 19.1. The zero-order valence-electron chi connectivity index (χ0n) is 13.9. The topological polar surface area (TPSA) is 95.9 Å². The highest BCUT2D eigenvalue weighted by Crippen LogP contribution is 2.26. The Morgan fingerprint density at radius 2 is 1.76 bits per heavy atom. The number of phenolic OH excluding ortho intramolecular Hbond substituents is 1. The molecule has 0 bridgehead atoms. The number of carboxylic acid groups (broad SMARTS) is 1. The number of nitrogens with zero attached hydrogens (tertiary/aromatic N) is 1. The molecule has 0 heterocycles. The molecular formula is C20H22N2O3. The van der Waals surface area contributed by atoms with E-state index in [0.717, 1.165) is 36.8 Å². The predicted octanol–water partition coefficient (Wildman–Crippen LogP) is 3.45. The number of carboxylic acids is 1. The van der Waals surface area contributed by atoms with E-state index >= 15 is 0 Å². The highest BCUT2D eigenvalue weighted by Gasteiger charge is 2.20. The molecule has 3 rings (SSSR count). The number of aromatic carboxylic acids is 1. The minimum atomic E-state index is -0.950. The fourth-order valence-corrected chi connectivity index (χ4v) is 3.14. The van der Waals surface area contributed by atoms with Gasteiger partial charge in [-0.3, -0.25) is 4.99 Å². The molecule has 2 aromatic carbocycles. The molecule has 0 aromatic heterocycles. The molecule has 1 aliphatic carbocycles. The summed E-state index contributed by atoms with van der Waals surface area (Å²) >= 11 is 0. The highest BCUT2D eigenvalue weighted by atomic mass is 16.4. The second-order valence-corrected chi connectivity index (χ2v) is 6.45. The lowest BCUT2D eigenvalue weighted by Crippen LogP contribution is -2.36. The van der Waals surface area contributed by atoms with Crippen molar-refractivity contribution in [3.05, 3.63) is 53.6 Å². The van der Waals surface area contributed by atoms with E-state index < -0.39 is 5.97 Å². The van der Waals surface area contributed by atoms with Gasteiger partial charge >= 0.3 is 5.97 Å². The molecule has 2 aromatic rings. The van der Waals surface area contributed by atoms with Crippen molar-refractivity contribution in [1.29, 1.82) is 0 Å². The van der Waals surface area contributed by atoms with Gasteiger partial charge in [-0.25, -0.2) is 4.79 Å². The van der Waals surface area contributed by atoms with Crippen LogP contribution in [0.3, 0.4) is 0 Å². The van der Waals surface area contributed by atoms with E-state index in [-0.39, 0.29) is 23.4 Å². The SMILES string of the molecule is N[C@H]1CCCC[C@@H]1N=Cc1cc(-c2ccc(C(=O)O)cc2)ccc1O. The molecule has 4 N–H and O–H groups in total. The summed E-state index contributed by atoms with van der Waals surface area (Å²) in [6.07, 6.45) is 5.96. The number of phenols is 1. The smallest absolute Gasteiger partial charge is 0.335 e. The van der Waals surface area contributed by atoms with Crippen molar-refractivity contribution in [1.82, 2.24) is 0 Å². The summed E-state index contributed by atoms with van der Waals surface area (Å²) < 4.78 is 0. The maximum Gasteiger partial charge on any atom is 0.335 e. The van der Waals surface area contributed by atoms with Gasteiger partial charge in [0.1, 0.15) is 5.75 Å². The van der Waals surface area contributed by atoms with Crippen LogP contribution in [0.2, 0.25) is 0 Å². The van der Waals surface area contributed by atoms with Crippen LogP contribution in [0.15, 0.2) is 47.5 Å². The van der Waals surface area contributed by atoms with Crippen molar-refractivity contribution >= 4 is 12.2 Å². The summed E-state index contributed by atoms with van der Waals surface area (Å²) in [7, 11) is 0. The van der Waals surface area contributed by atoms with Crippen LogP contribution in [0, 0.1) is 0 Å². The van der Waals surface area contributed by atoms with Gasteiger partial charge in [-0.1, -0.05) is 31.0 Å². The first-order valence-electron chi connectivity index (χ1n) is 8.50. The van der Waals surface area contributed by atoms with Crippen molar-refractivity contribution in [3.63, 3.8) is 0 Å². The van der Waals surface area contributed by atoms with Gasteiger partial charge in [0.2, 0.25) is 0 Å². The maximum atomic E-state index is 10.9. The third-order valence-corrected chi connectivity index (χ3v) is 4.68. The Morgan fingerprint density at radius 1 is 1.08 bits per heavy atom.